The standard InChI is InChI=1S/C29H28F2N4O4/c1-3-5-7-19-9-11-22-23(14-19)28(37)35(33-24(22)15-20-8-6-13-32-17-20)18-27(36)34(4-2)21-10-12-25-26(16-21)39-29(30,31)38-25/h6,8-14,16-17H,3-5,7,15,18H2,1-2H3. The fourth-order valence-electron chi connectivity index (χ4n) is 4.70. The van der Waals surface area contributed by atoms with Gasteiger partial charge in [-0.1, -0.05) is 31.5 Å². The van der Waals surface area contributed by atoms with Gasteiger partial charge in [-0.2, -0.15) is 5.10 Å². The number of carbonyl (C=O) groups is 1. The molecule has 0 bridgehead atoms. The Morgan fingerprint density at radius 1 is 1.03 bits per heavy atom. The maximum absolute atomic E-state index is 13.6. The number of nitrogens with zero attached hydrogens (tertiary/aromatic N) is 4. The summed E-state index contributed by atoms with van der Waals surface area (Å²) in [5.74, 6) is -0.701. The molecule has 0 radical (unpaired) electrons. The molecule has 0 aliphatic carbocycles. The molecule has 2 aromatic carbocycles. The van der Waals surface area contributed by atoms with Gasteiger partial charge in [0.1, 0.15) is 6.54 Å². The number of carbonyl (C=O) groups excluding carboxylic acids is 1. The van der Waals surface area contributed by atoms with Crippen molar-refractivity contribution in [3.8, 4) is 11.5 Å². The summed E-state index contributed by atoms with van der Waals surface area (Å²) in [6.45, 7) is 3.77. The van der Waals surface area contributed by atoms with Crippen LogP contribution in [-0.2, 0) is 24.2 Å². The molecule has 39 heavy (non-hydrogen) atoms. The van der Waals surface area contributed by atoms with Gasteiger partial charge in [0.15, 0.2) is 11.5 Å². The number of anilines is 1. The van der Waals surface area contributed by atoms with E-state index in [4.69, 9.17) is 0 Å². The van der Waals surface area contributed by atoms with E-state index in [9.17, 15) is 18.4 Å². The number of amides is 1. The smallest absolute Gasteiger partial charge is 0.395 e. The minimum atomic E-state index is -3.76. The molecule has 0 N–H and O–H groups in total. The topological polar surface area (TPSA) is 86.6 Å². The zero-order valence-corrected chi connectivity index (χ0v) is 21.7. The summed E-state index contributed by atoms with van der Waals surface area (Å²) in [5, 5.41) is 5.83. The number of unbranched alkanes of at least 4 members (excludes halogenated alkanes) is 1. The third-order valence-corrected chi connectivity index (χ3v) is 6.61. The summed E-state index contributed by atoms with van der Waals surface area (Å²) < 4.78 is 37.1. The van der Waals surface area contributed by atoms with Crippen LogP contribution in [-0.4, -0.2) is 33.5 Å². The quantitative estimate of drug-likeness (QED) is 0.297. The van der Waals surface area contributed by atoms with Crippen molar-refractivity contribution >= 4 is 22.4 Å². The van der Waals surface area contributed by atoms with Crippen LogP contribution in [0.1, 0.15) is 43.5 Å². The second-order valence-corrected chi connectivity index (χ2v) is 9.37. The second kappa shape index (κ2) is 10.8. The molecule has 0 atom stereocenters. The number of benzene rings is 2. The molecule has 1 aliphatic heterocycles. The number of rotatable bonds is 9. The average Bonchev–Trinajstić information content (AvgIpc) is 3.24. The van der Waals surface area contributed by atoms with Crippen molar-refractivity contribution in [1.82, 2.24) is 14.8 Å². The van der Waals surface area contributed by atoms with Crippen LogP contribution in [0.4, 0.5) is 14.5 Å². The molecule has 0 unspecified atom stereocenters. The number of aromatic nitrogens is 3. The van der Waals surface area contributed by atoms with Crippen molar-refractivity contribution in [3.05, 3.63) is 88.1 Å². The molecule has 2 aromatic heterocycles. The molecule has 1 amide bonds. The van der Waals surface area contributed by atoms with Gasteiger partial charge >= 0.3 is 6.29 Å². The van der Waals surface area contributed by atoms with Crippen LogP contribution in [0.25, 0.3) is 10.8 Å². The van der Waals surface area contributed by atoms with Gasteiger partial charge in [0.2, 0.25) is 5.91 Å². The Hall–Kier alpha value is -4.34. The number of ether oxygens (including phenoxy) is 2. The summed E-state index contributed by atoms with van der Waals surface area (Å²) in [6, 6.07) is 13.7. The number of likely N-dealkylation sites (N-methyl/N-ethyl adjacent to an activating group) is 1. The summed E-state index contributed by atoms with van der Waals surface area (Å²) >= 11 is 0. The SMILES string of the molecule is CCCCc1ccc2c(Cc3cccnc3)nn(CC(=O)N(CC)c3ccc4c(c3)OC(F)(F)O4)c(=O)c2c1. The number of pyridine rings is 1. The van der Waals surface area contributed by atoms with Crippen molar-refractivity contribution in [3.63, 3.8) is 0 Å². The maximum Gasteiger partial charge on any atom is 0.586 e. The maximum atomic E-state index is 13.6. The molecule has 5 rings (SSSR count). The third-order valence-electron chi connectivity index (χ3n) is 6.61. The first-order valence-electron chi connectivity index (χ1n) is 12.9. The lowest BCUT2D eigenvalue weighted by Crippen LogP contribution is -2.37. The van der Waals surface area contributed by atoms with Crippen LogP contribution in [0.15, 0.2) is 65.7 Å². The van der Waals surface area contributed by atoms with Gasteiger partial charge in [0, 0.05) is 42.5 Å². The lowest BCUT2D eigenvalue weighted by molar-refractivity contribution is -0.286. The zero-order chi connectivity index (χ0) is 27.6. The summed E-state index contributed by atoms with van der Waals surface area (Å²) in [5.41, 5.74) is 2.60. The third kappa shape index (κ3) is 5.59. The molecule has 0 spiro atoms. The van der Waals surface area contributed by atoms with E-state index < -0.39 is 12.2 Å². The fraction of sp³-hybridized carbons (Fsp3) is 0.310. The van der Waals surface area contributed by atoms with E-state index >= 15 is 0 Å². The van der Waals surface area contributed by atoms with E-state index in [-0.39, 0.29) is 30.1 Å². The first-order valence-corrected chi connectivity index (χ1v) is 12.9. The van der Waals surface area contributed by atoms with E-state index in [2.05, 4.69) is 26.5 Å². The number of halogens is 2. The van der Waals surface area contributed by atoms with E-state index in [1.165, 1.54) is 27.8 Å². The minimum absolute atomic E-state index is 0.112. The molecule has 0 saturated heterocycles. The molecule has 0 fully saturated rings. The van der Waals surface area contributed by atoms with E-state index in [1.54, 1.807) is 19.3 Å². The van der Waals surface area contributed by atoms with Crippen molar-refractivity contribution in [2.45, 2.75) is 52.4 Å². The van der Waals surface area contributed by atoms with E-state index in [0.717, 1.165) is 35.8 Å². The summed E-state index contributed by atoms with van der Waals surface area (Å²) in [7, 11) is 0. The Labute approximate surface area is 223 Å². The van der Waals surface area contributed by atoms with Gasteiger partial charge in [-0.25, -0.2) is 4.68 Å². The van der Waals surface area contributed by atoms with Crippen LogP contribution < -0.4 is 19.9 Å². The van der Waals surface area contributed by atoms with Gasteiger partial charge in [-0.15, -0.1) is 8.78 Å². The second-order valence-electron chi connectivity index (χ2n) is 9.37. The van der Waals surface area contributed by atoms with Crippen LogP contribution in [0.2, 0.25) is 0 Å². The molecule has 3 heterocycles. The Morgan fingerprint density at radius 3 is 2.59 bits per heavy atom. The molecule has 1 aliphatic rings. The van der Waals surface area contributed by atoms with Crippen LogP contribution in [0.3, 0.4) is 0 Å². The van der Waals surface area contributed by atoms with Gasteiger partial charge < -0.3 is 14.4 Å². The highest BCUT2D eigenvalue weighted by molar-refractivity contribution is 5.94. The molecule has 4 aromatic rings. The summed E-state index contributed by atoms with van der Waals surface area (Å²) in [4.78, 5) is 32.6. The van der Waals surface area contributed by atoms with Crippen molar-refractivity contribution < 1.29 is 23.0 Å². The number of alkyl halides is 2. The number of hydrogen-bond donors (Lipinski definition) is 0. The molecule has 202 valence electrons. The molecule has 0 saturated carbocycles. The Bertz CT molecular complexity index is 1570. The number of aryl methyl sites for hydroxylation is 1. The highest BCUT2D eigenvalue weighted by Crippen LogP contribution is 2.42. The van der Waals surface area contributed by atoms with Crippen molar-refractivity contribution in [1.29, 1.82) is 0 Å². The van der Waals surface area contributed by atoms with Crippen molar-refractivity contribution in [2.24, 2.45) is 0 Å². The zero-order valence-electron chi connectivity index (χ0n) is 21.7. The lowest BCUT2D eigenvalue weighted by Gasteiger charge is -2.22. The molecular weight excluding hydrogens is 506 g/mol. The average molecular weight is 535 g/mol. The van der Waals surface area contributed by atoms with E-state index in [1.807, 2.05) is 30.3 Å². The predicted octanol–water partition coefficient (Wildman–Crippen LogP) is 5.10. The highest BCUT2D eigenvalue weighted by Gasteiger charge is 2.43. The molecule has 8 nitrogen and oxygen atoms in total. The predicted molar refractivity (Wildman–Crippen MR) is 142 cm³/mol. The number of fused-ring (bicyclic) bond motifs is 2. The largest absolute Gasteiger partial charge is 0.586 e. The normalized spacial score (nSPS) is 13.5. The van der Waals surface area contributed by atoms with Crippen LogP contribution >= 0.6 is 0 Å². The lowest BCUT2D eigenvalue weighted by atomic mass is 10.0. The Balaban J connectivity index is 1.50. The Morgan fingerprint density at radius 2 is 1.85 bits per heavy atom. The van der Waals surface area contributed by atoms with Gasteiger partial charge in [-0.3, -0.25) is 14.6 Å². The van der Waals surface area contributed by atoms with Crippen LogP contribution in [0, 0.1) is 0 Å². The molecular formula is C29H28F2N4O4. The van der Waals surface area contributed by atoms with E-state index in [0.29, 0.717) is 23.2 Å². The first kappa shape index (κ1) is 26.3. The summed E-state index contributed by atoms with van der Waals surface area (Å²) in [6.07, 6.45) is 2.98. The minimum Gasteiger partial charge on any atom is -0.395 e. The van der Waals surface area contributed by atoms with Crippen molar-refractivity contribution in [2.75, 3.05) is 11.4 Å². The van der Waals surface area contributed by atoms with Gasteiger partial charge in [-0.05, 0) is 55.2 Å². The number of hydrogen-bond acceptors (Lipinski definition) is 6. The van der Waals surface area contributed by atoms with Gasteiger partial charge in [0.25, 0.3) is 5.56 Å². The monoisotopic (exact) mass is 534 g/mol. The Kier molecular flexibility index (Phi) is 7.28. The highest BCUT2D eigenvalue weighted by atomic mass is 19.3. The first-order chi connectivity index (χ1) is 18.8. The fourth-order valence-corrected chi connectivity index (χ4v) is 4.70. The van der Waals surface area contributed by atoms with Crippen LogP contribution in [0.5, 0.6) is 11.5 Å². The molecule has 10 heteroatoms. The van der Waals surface area contributed by atoms with Gasteiger partial charge in [0.05, 0.1) is 11.1 Å².